The minimum atomic E-state index is -4.96. The van der Waals surface area contributed by atoms with Crippen molar-refractivity contribution in [2.24, 2.45) is 0 Å². The predicted octanol–water partition coefficient (Wildman–Crippen LogP) is 6.14. The molecule has 0 saturated heterocycles. The predicted molar refractivity (Wildman–Crippen MR) is 97.9 cm³/mol. The van der Waals surface area contributed by atoms with Crippen molar-refractivity contribution in [3.05, 3.63) is 36.0 Å². The summed E-state index contributed by atoms with van der Waals surface area (Å²) >= 11 is 0. The zero-order chi connectivity index (χ0) is 22.2. The van der Waals surface area contributed by atoms with Gasteiger partial charge in [-0.25, -0.2) is 4.98 Å². The van der Waals surface area contributed by atoms with E-state index in [2.05, 4.69) is 26.9 Å². The fourth-order valence-electron chi connectivity index (χ4n) is 2.36. The smallest absolute Gasteiger partial charge is 0.423 e. The summed E-state index contributed by atoms with van der Waals surface area (Å²) in [7, 11) is 0. The molecule has 1 heterocycles. The highest BCUT2D eigenvalue weighted by Gasteiger charge is 2.38. The van der Waals surface area contributed by atoms with Crippen molar-refractivity contribution in [1.82, 2.24) is 9.97 Å². The van der Waals surface area contributed by atoms with Crippen molar-refractivity contribution in [3.8, 4) is 11.6 Å². The molecule has 2 rings (SSSR count). The van der Waals surface area contributed by atoms with Crippen LogP contribution >= 0.6 is 0 Å². The first-order chi connectivity index (χ1) is 14.1. The van der Waals surface area contributed by atoms with Gasteiger partial charge in [0.15, 0.2) is 6.61 Å². The molecule has 0 unspecified atom stereocenters. The van der Waals surface area contributed by atoms with Crippen LogP contribution in [0.5, 0.6) is 11.6 Å². The van der Waals surface area contributed by atoms with Gasteiger partial charge in [-0.3, -0.25) is 0 Å². The number of hydrogen-bond donors (Lipinski definition) is 1. The fraction of sp³-hybridized carbons (Fsp3) is 0.474. The van der Waals surface area contributed by atoms with Gasteiger partial charge >= 0.3 is 12.4 Å². The highest BCUT2D eigenvalue weighted by atomic mass is 19.4. The number of halogens is 6. The SMILES string of the molecule is CCCCCCOc1ccc(Nc2ncc(C(F)(F)F)c(OCC(F)(F)F)n2)cc1. The molecule has 1 N–H and O–H groups in total. The molecule has 0 spiro atoms. The molecule has 0 atom stereocenters. The Morgan fingerprint density at radius 3 is 2.23 bits per heavy atom. The molecule has 0 aliphatic heterocycles. The average Bonchev–Trinajstić information content (AvgIpc) is 2.66. The van der Waals surface area contributed by atoms with Crippen LogP contribution in [0.25, 0.3) is 0 Å². The van der Waals surface area contributed by atoms with Crippen LogP contribution in [0.1, 0.15) is 38.2 Å². The Balaban J connectivity index is 2.05. The molecular formula is C19H21F6N3O2. The van der Waals surface area contributed by atoms with Crippen molar-refractivity contribution in [2.75, 3.05) is 18.5 Å². The van der Waals surface area contributed by atoms with Crippen molar-refractivity contribution < 1.29 is 35.8 Å². The van der Waals surface area contributed by atoms with E-state index >= 15 is 0 Å². The number of anilines is 2. The third-order valence-corrected chi connectivity index (χ3v) is 3.81. The number of nitrogens with zero attached hydrogens (tertiary/aromatic N) is 2. The second-order valence-electron chi connectivity index (χ2n) is 6.37. The van der Waals surface area contributed by atoms with Crippen LogP contribution in [0, 0.1) is 0 Å². The zero-order valence-electron chi connectivity index (χ0n) is 16.1. The van der Waals surface area contributed by atoms with Gasteiger partial charge in [0.2, 0.25) is 11.8 Å². The first-order valence-electron chi connectivity index (χ1n) is 9.22. The Morgan fingerprint density at radius 1 is 0.933 bits per heavy atom. The molecule has 0 radical (unpaired) electrons. The van der Waals surface area contributed by atoms with Gasteiger partial charge in [-0.1, -0.05) is 26.2 Å². The Bertz CT molecular complexity index is 794. The lowest BCUT2D eigenvalue weighted by molar-refractivity contribution is -0.159. The highest BCUT2D eigenvalue weighted by Crippen LogP contribution is 2.36. The molecule has 0 bridgehead atoms. The van der Waals surface area contributed by atoms with Crippen LogP contribution in [0.4, 0.5) is 38.0 Å². The second-order valence-corrected chi connectivity index (χ2v) is 6.37. The highest BCUT2D eigenvalue weighted by molar-refractivity contribution is 5.55. The standard InChI is InChI=1S/C19H21F6N3O2/c1-2-3-4-5-10-29-14-8-6-13(7-9-14)27-17-26-11-15(19(23,24)25)16(28-17)30-12-18(20,21)22/h6-9,11H,2-5,10,12H2,1H3,(H,26,27,28). The van der Waals surface area contributed by atoms with Gasteiger partial charge < -0.3 is 14.8 Å². The number of aromatic nitrogens is 2. The largest absolute Gasteiger partial charge is 0.494 e. The Hall–Kier alpha value is -2.72. The monoisotopic (exact) mass is 437 g/mol. The lowest BCUT2D eigenvalue weighted by atomic mass is 10.2. The van der Waals surface area contributed by atoms with Gasteiger partial charge in [0.25, 0.3) is 0 Å². The normalized spacial score (nSPS) is 12.0. The van der Waals surface area contributed by atoms with Crippen molar-refractivity contribution in [2.45, 2.75) is 45.0 Å². The van der Waals surface area contributed by atoms with Gasteiger partial charge in [-0.05, 0) is 30.7 Å². The Labute approximate surface area is 169 Å². The van der Waals surface area contributed by atoms with E-state index in [1.54, 1.807) is 24.3 Å². The van der Waals surface area contributed by atoms with Crippen LogP contribution in [0.15, 0.2) is 30.5 Å². The van der Waals surface area contributed by atoms with E-state index in [0.29, 0.717) is 24.2 Å². The van der Waals surface area contributed by atoms with Crippen LogP contribution in [0.2, 0.25) is 0 Å². The molecule has 0 amide bonds. The van der Waals surface area contributed by atoms with E-state index in [1.165, 1.54) is 0 Å². The van der Waals surface area contributed by atoms with Crippen molar-refractivity contribution >= 4 is 11.6 Å². The maximum absolute atomic E-state index is 13.0. The number of nitrogens with one attached hydrogen (secondary N) is 1. The zero-order valence-corrected chi connectivity index (χ0v) is 16.1. The summed E-state index contributed by atoms with van der Waals surface area (Å²) in [5, 5.41) is 2.62. The number of rotatable bonds is 10. The number of ether oxygens (including phenoxy) is 2. The summed E-state index contributed by atoms with van der Waals surface area (Å²) in [6, 6.07) is 6.46. The van der Waals surface area contributed by atoms with Gasteiger partial charge in [0, 0.05) is 11.9 Å². The molecule has 2 aromatic rings. The van der Waals surface area contributed by atoms with Crippen LogP contribution in [-0.4, -0.2) is 29.4 Å². The topological polar surface area (TPSA) is 56.3 Å². The molecule has 1 aromatic heterocycles. The van der Waals surface area contributed by atoms with Crippen LogP contribution in [-0.2, 0) is 6.18 Å². The second kappa shape index (κ2) is 10.4. The van der Waals surface area contributed by atoms with E-state index in [-0.39, 0.29) is 5.95 Å². The van der Waals surface area contributed by atoms with E-state index in [1.807, 2.05) is 0 Å². The molecule has 0 saturated carbocycles. The molecule has 5 nitrogen and oxygen atoms in total. The minimum absolute atomic E-state index is 0.339. The summed E-state index contributed by atoms with van der Waals surface area (Å²) in [5.41, 5.74) is -1.08. The summed E-state index contributed by atoms with van der Waals surface area (Å²) < 4.78 is 85.7. The van der Waals surface area contributed by atoms with Gasteiger partial charge in [-0.15, -0.1) is 0 Å². The summed E-state index contributed by atoms with van der Waals surface area (Å²) in [6.45, 7) is 0.768. The van der Waals surface area contributed by atoms with Crippen LogP contribution < -0.4 is 14.8 Å². The van der Waals surface area contributed by atoms with E-state index in [4.69, 9.17) is 4.74 Å². The molecule has 30 heavy (non-hydrogen) atoms. The molecule has 166 valence electrons. The van der Waals surface area contributed by atoms with Gasteiger partial charge in [0.05, 0.1) is 6.61 Å². The molecule has 0 fully saturated rings. The molecule has 1 aromatic carbocycles. The fourth-order valence-corrected chi connectivity index (χ4v) is 2.36. The molecule has 0 aliphatic rings. The third kappa shape index (κ3) is 7.96. The van der Waals surface area contributed by atoms with Crippen LogP contribution in [0.3, 0.4) is 0 Å². The number of unbranched alkanes of at least 4 members (excludes halogenated alkanes) is 3. The summed E-state index contributed by atoms with van der Waals surface area (Å²) in [6.07, 6.45) is -5.16. The Kier molecular flexibility index (Phi) is 8.13. The minimum Gasteiger partial charge on any atom is -0.494 e. The lowest BCUT2D eigenvalue weighted by Crippen LogP contribution is -2.22. The lowest BCUT2D eigenvalue weighted by Gasteiger charge is -2.15. The van der Waals surface area contributed by atoms with E-state index in [0.717, 1.165) is 25.7 Å². The summed E-state index contributed by atoms with van der Waals surface area (Å²) in [4.78, 5) is 6.95. The molecular weight excluding hydrogens is 416 g/mol. The molecule has 0 aliphatic carbocycles. The first kappa shape index (κ1) is 23.6. The maximum Gasteiger partial charge on any atom is 0.423 e. The van der Waals surface area contributed by atoms with Gasteiger partial charge in [0.1, 0.15) is 11.3 Å². The summed E-state index contributed by atoms with van der Waals surface area (Å²) in [5.74, 6) is -0.933. The first-order valence-corrected chi connectivity index (χ1v) is 9.22. The molecule has 11 heteroatoms. The quantitative estimate of drug-likeness (QED) is 0.358. The third-order valence-electron chi connectivity index (χ3n) is 3.81. The van der Waals surface area contributed by atoms with E-state index in [9.17, 15) is 26.3 Å². The van der Waals surface area contributed by atoms with Crippen molar-refractivity contribution in [3.63, 3.8) is 0 Å². The van der Waals surface area contributed by atoms with E-state index < -0.39 is 30.4 Å². The maximum atomic E-state index is 13.0. The Morgan fingerprint density at radius 2 is 1.63 bits per heavy atom. The number of benzene rings is 1. The number of hydrogen-bond acceptors (Lipinski definition) is 5. The number of alkyl halides is 6. The van der Waals surface area contributed by atoms with Gasteiger partial charge in [-0.2, -0.15) is 31.3 Å². The van der Waals surface area contributed by atoms with Crippen molar-refractivity contribution in [1.29, 1.82) is 0 Å². The average molecular weight is 437 g/mol.